The number of aromatic nitrogens is 1. The predicted molar refractivity (Wildman–Crippen MR) is 76.7 cm³/mol. The molecule has 0 saturated heterocycles. The van der Waals surface area contributed by atoms with E-state index in [1.165, 1.54) is 35.1 Å². The second kappa shape index (κ2) is 4.72. The highest BCUT2D eigenvalue weighted by molar-refractivity contribution is 5.52. The Kier molecular flexibility index (Phi) is 3.05. The molecular formula is C16H20N2O. The Bertz CT molecular complexity index is 601. The zero-order chi connectivity index (χ0) is 13.4. The Labute approximate surface area is 114 Å². The van der Waals surface area contributed by atoms with Crippen molar-refractivity contribution in [1.82, 2.24) is 5.16 Å². The molecule has 0 amide bonds. The fraction of sp³-hybridized carbons (Fsp3) is 0.438. The second-order valence-electron chi connectivity index (χ2n) is 5.46. The molecule has 0 saturated carbocycles. The average Bonchev–Trinajstić information content (AvgIpc) is 2.86. The molecular weight excluding hydrogens is 236 g/mol. The molecule has 3 rings (SSSR count). The molecule has 1 aromatic carbocycles. The fourth-order valence-electron chi connectivity index (χ4n) is 3.29. The molecule has 3 heteroatoms. The summed E-state index contributed by atoms with van der Waals surface area (Å²) >= 11 is 0. The van der Waals surface area contributed by atoms with Gasteiger partial charge in [0.2, 0.25) is 0 Å². The smallest absolute Gasteiger partial charge is 0.147 e. The highest BCUT2D eigenvalue weighted by Crippen LogP contribution is 2.40. The van der Waals surface area contributed by atoms with Gasteiger partial charge >= 0.3 is 0 Å². The van der Waals surface area contributed by atoms with Crippen LogP contribution in [0.4, 0.5) is 5.69 Å². The zero-order valence-corrected chi connectivity index (χ0v) is 11.8. The van der Waals surface area contributed by atoms with Crippen LogP contribution in [0.1, 0.15) is 46.7 Å². The van der Waals surface area contributed by atoms with Crippen LogP contribution >= 0.6 is 0 Å². The van der Waals surface area contributed by atoms with Crippen molar-refractivity contribution in [3.8, 4) is 0 Å². The molecule has 0 aliphatic heterocycles. The molecule has 1 aromatic heterocycles. The Morgan fingerprint density at radius 3 is 2.95 bits per heavy atom. The van der Waals surface area contributed by atoms with Crippen molar-refractivity contribution >= 4 is 5.69 Å². The first-order valence-electron chi connectivity index (χ1n) is 6.92. The summed E-state index contributed by atoms with van der Waals surface area (Å²) in [7, 11) is 1.92. The van der Waals surface area contributed by atoms with Gasteiger partial charge in [-0.05, 0) is 49.8 Å². The van der Waals surface area contributed by atoms with Crippen molar-refractivity contribution < 1.29 is 4.52 Å². The van der Waals surface area contributed by atoms with Crippen molar-refractivity contribution in [3.63, 3.8) is 0 Å². The molecule has 19 heavy (non-hydrogen) atoms. The molecule has 1 aliphatic carbocycles. The fourth-order valence-corrected chi connectivity index (χ4v) is 3.29. The summed E-state index contributed by atoms with van der Waals surface area (Å²) in [6, 6.07) is 4.60. The lowest BCUT2D eigenvalue weighted by atomic mass is 9.78. The number of benzene rings is 1. The highest BCUT2D eigenvalue weighted by atomic mass is 16.5. The minimum Gasteiger partial charge on any atom is -0.384 e. The van der Waals surface area contributed by atoms with E-state index in [2.05, 4.69) is 36.5 Å². The van der Waals surface area contributed by atoms with Gasteiger partial charge in [-0.2, -0.15) is 0 Å². The third kappa shape index (κ3) is 2.03. The number of hydrogen-bond acceptors (Lipinski definition) is 3. The van der Waals surface area contributed by atoms with Crippen LogP contribution in [-0.4, -0.2) is 12.2 Å². The van der Waals surface area contributed by atoms with Gasteiger partial charge in [-0.25, -0.2) is 0 Å². The van der Waals surface area contributed by atoms with E-state index in [9.17, 15) is 0 Å². The molecule has 2 aromatic rings. The van der Waals surface area contributed by atoms with Gasteiger partial charge in [0.15, 0.2) is 0 Å². The summed E-state index contributed by atoms with van der Waals surface area (Å²) in [6.07, 6.45) is 5.26. The van der Waals surface area contributed by atoms with Gasteiger partial charge in [0.1, 0.15) is 12.0 Å². The lowest BCUT2D eigenvalue weighted by Crippen LogP contribution is -2.14. The van der Waals surface area contributed by atoms with E-state index in [1.54, 1.807) is 6.26 Å². The summed E-state index contributed by atoms with van der Waals surface area (Å²) in [4.78, 5) is 0. The van der Waals surface area contributed by atoms with Gasteiger partial charge in [0.25, 0.3) is 0 Å². The summed E-state index contributed by atoms with van der Waals surface area (Å²) in [5, 5.41) is 7.41. The van der Waals surface area contributed by atoms with E-state index >= 15 is 0 Å². The lowest BCUT2D eigenvalue weighted by Gasteiger charge is -2.26. The Balaban J connectivity index is 2.12. The quantitative estimate of drug-likeness (QED) is 0.888. The Hall–Kier alpha value is -1.77. The van der Waals surface area contributed by atoms with Crippen LogP contribution < -0.4 is 5.32 Å². The van der Waals surface area contributed by atoms with Crippen molar-refractivity contribution in [2.45, 2.75) is 39.0 Å². The lowest BCUT2D eigenvalue weighted by molar-refractivity contribution is 0.404. The van der Waals surface area contributed by atoms with Crippen LogP contribution in [0.2, 0.25) is 0 Å². The van der Waals surface area contributed by atoms with E-state index < -0.39 is 0 Å². The molecule has 0 radical (unpaired) electrons. The number of anilines is 1. The van der Waals surface area contributed by atoms with E-state index in [4.69, 9.17) is 4.52 Å². The molecule has 1 unspecified atom stereocenters. The van der Waals surface area contributed by atoms with Crippen LogP contribution in [0.3, 0.4) is 0 Å². The molecule has 3 nitrogen and oxygen atoms in total. The van der Waals surface area contributed by atoms with Crippen LogP contribution in [0.15, 0.2) is 22.9 Å². The zero-order valence-electron chi connectivity index (χ0n) is 11.8. The molecule has 1 aliphatic rings. The number of fused-ring (bicyclic) bond motifs is 1. The van der Waals surface area contributed by atoms with Gasteiger partial charge in [0.05, 0.1) is 5.69 Å². The summed E-state index contributed by atoms with van der Waals surface area (Å²) in [5.41, 5.74) is 7.75. The van der Waals surface area contributed by atoms with Crippen molar-refractivity contribution in [2.24, 2.45) is 0 Å². The maximum atomic E-state index is 5.15. The Morgan fingerprint density at radius 1 is 1.32 bits per heavy atom. The minimum atomic E-state index is 0.364. The van der Waals surface area contributed by atoms with Crippen LogP contribution in [-0.2, 0) is 6.42 Å². The molecule has 1 N–H and O–H groups in total. The maximum Gasteiger partial charge on any atom is 0.147 e. The predicted octanol–water partition coefficient (Wildman–Crippen LogP) is 3.80. The number of nitrogens with one attached hydrogen (secondary N) is 1. The molecule has 1 atom stereocenters. The van der Waals surface area contributed by atoms with Gasteiger partial charge in [-0.1, -0.05) is 22.9 Å². The molecule has 0 spiro atoms. The van der Waals surface area contributed by atoms with Crippen molar-refractivity contribution in [1.29, 1.82) is 0 Å². The van der Waals surface area contributed by atoms with E-state index in [-0.39, 0.29) is 0 Å². The first-order chi connectivity index (χ1) is 9.20. The maximum absolute atomic E-state index is 5.15. The van der Waals surface area contributed by atoms with Crippen molar-refractivity contribution in [2.75, 3.05) is 12.4 Å². The number of rotatable bonds is 2. The Morgan fingerprint density at radius 2 is 2.16 bits per heavy atom. The minimum absolute atomic E-state index is 0.364. The topological polar surface area (TPSA) is 38.1 Å². The third-order valence-corrected chi connectivity index (χ3v) is 4.14. The largest absolute Gasteiger partial charge is 0.384 e. The highest BCUT2D eigenvalue weighted by Gasteiger charge is 2.27. The van der Waals surface area contributed by atoms with Crippen molar-refractivity contribution in [3.05, 3.63) is 46.3 Å². The summed E-state index contributed by atoms with van der Waals surface area (Å²) in [6.45, 7) is 4.39. The van der Waals surface area contributed by atoms with Crippen LogP contribution in [0.5, 0.6) is 0 Å². The molecule has 0 fully saturated rings. The molecule has 100 valence electrons. The number of aryl methyl sites for hydroxylation is 2. The summed E-state index contributed by atoms with van der Waals surface area (Å²) in [5.74, 6) is 0.364. The standard InChI is InChI=1S/C16H20N2O/c1-10-7-11(2)12-5-4-6-13(14(12)8-10)16-15(17-3)9-19-18-16/h7-9,13,17H,4-6H2,1-3H3. The SMILES string of the molecule is CNc1conc1C1CCCc2c(C)cc(C)cc21. The van der Waals surface area contributed by atoms with Gasteiger partial charge < -0.3 is 9.84 Å². The van der Waals surface area contributed by atoms with Crippen LogP contribution in [0, 0.1) is 13.8 Å². The summed E-state index contributed by atoms with van der Waals surface area (Å²) < 4.78 is 5.15. The first-order valence-corrected chi connectivity index (χ1v) is 6.92. The third-order valence-electron chi connectivity index (χ3n) is 4.14. The second-order valence-corrected chi connectivity index (χ2v) is 5.46. The van der Waals surface area contributed by atoms with E-state index in [1.807, 2.05) is 7.05 Å². The van der Waals surface area contributed by atoms with E-state index in [0.29, 0.717) is 5.92 Å². The van der Waals surface area contributed by atoms with E-state index in [0.717, 1.165) is 17.8 Å². The monoisotopic (exact) mass is 256 g/mol. The first kappa shape index (κ1) is 12.3. The molecule has 0 bridgehead atoms. The number of hydrogen-bond donors (Lipinski definition) is 1. The van der Waals surface area contributed by atoms with Crippen LogP contribution in [0.25, 0.3) is 0 Å². The molecule has 1 heterocycles. The van der Waals surface area contributed by atoms with Gasteiger partial charge in [-0.15, -0.1) is 0 Å². The normalized spacial score (nSPS) is 18.2. The number of nitrogens with zero attached hydrogens (tertiary/aromatic N) is 1. The van der Waals surface area contributed by atoms with Gasteiger partial charge in [0, 0.05) is 13.0 Å². The van der Waals surface area contributed by atoms with Gasteiger partial charge in [-0.3, -0.25) is 0 Å². The average molecular weight is 256 g/mol.